The molecule has 1 aliphatic rings. The first-order valence-electron chi connectivity index (χ1n) is 9.73. The monoisotopic (exact) mass is 378 g/mol. The summed E-state index contributed by atoms with van der Waals surface area (Å²) >= 11 is 0. The Morgan fingerprint density at radius 3 is 2.75 bits per heavy atom. The molecular formula is C22H26N4O2. The molecular weight excluding hydrogens is 352 g/mol. The van der Waals surface area contributed by atoms with E-state index in [1.165, 1.54) is 0 Å². The average Bonchev–Trinajstić information content (AvgIpc) is 2.66. The second-order valence-electron chi connectivity index (χ2n) is 8.02. The quantitative estimate of drug-likeness (QED) is 0.751. The lowest BCUT2D eigenvalue weighted by molar-refractivity contribution is 0.241. The SMILES string of the molecule is Cc1cc2oc(N)c(CN3CCc4nc(C(C)C)ncc4C3)c(=O)c2cc1C. The zero-order valence-corrected chi connectivity index (χ0v) is 16.9. The number of anilines is 1. The van der Waals surface area contributed by atoms with Crippen LogP contribution in [0.4, 0.5) is 5.88 Å². The first kappa shape index (κ1) is 18.6. The summed E-state index contributed by atoms with van der Waals surface area (Å²) in [7, 11) is 0. The van der Waals surface area contributed by atoms with Gasteiger partial charge in [0.05, 0.1) is 10.9 Å². The highest BCUT2D eigenvalue weighted by molar-refractivity contribution is 5.80. The smallest absolute Gasteiger partial charge is 0.199 e. The van der Waals surface area contributed by atoms with Gasteiger partial charge in [0.15, 0.2) is 11.3 Å². The molecule has 2 aromatic heterocycles. The molecule has 0 atom stereocenters. The van der Waals surface area contributed by atoms with Gasteiger partial charge in [0, 0.05) is 49.4 Å². The number of aryl methyl sites for hydroxylation is 2. The number of benzene rings is 1. The number of nitrogens with zero attached hydrogens (tertiary/aromatic N) is 3. The summed E-state index contributed by atoms with van der Waals surface area (Å²) in [5.74, 6) is 1.41. The van der Waals surface area contributed by atoms with Crippen LogP contribution in [0, 0.1) is 13.8 Å². The van der Waals surface area contributed by atoms with E-state index in [0.29, 0.717) is 35.5 Å². The molecule has 0 amide bonds. The third kappa shape index (κ3) is 3.29. The fraction of sp³-hybridized carbons (Fsp3) is 0.409. The molecule has 0 radical (unpaired) electrons. The Hall–Kier alpha value is -2.73. The van der Waals surface area contributed by atoms with Crippen LogP contribution < -0.4 is 11.2 Å². The van der Waals surface area contributed by atoms with Crippen molar-refractivity contribution in [3.05, 3.63) is 62.3 Å². The Labute approximate surface area is 164 Å². The molecule has 6 heteroatoms. The minimum Gasteiger partial charge on any atom is -0.440 e. The van der Waals surface area contributed by atoms with Gasteiger partial charge in [-0.2, -0.15) is 0 Å². The number of fused-ring (bicyclic) bond motifs is 2. The third-order valence-corrected chi connectivity index (χ3v) is 5.56. The van der Waals surface area contributed by atoms with Gasteiger partial charge in [-0.3, -0.25) is 9.69 Å². The Kier molecular flexibility index (Phi) is 4.67. The van der Waals surface area contributed by atoms with Crippen molar-refractivity contribution in [3.8, 4) is 0 Å². The minimum atomic E-state index is -0.0425. The minimum absolute atomic E-state index is 0.0425. The van der Waals surface area contributed by atoms with Crippen LogP contribution in [-0.4, -0.2) is 21.4 Å². The molecule has 0 unspecified atom stereocenters. The summed E-state index contributed by atoms with van der Waals surface area (Å²) in [6.07, 6.45) is 2.76. The van der Waals surface area contributed by atoms with Crippen LogP contribution in [0.2, 0.25) is 0 Å². The molecule has 1 aromatic carbocycles. The number of nitrogens with two attached hydrogens (primary N) is 1. The zero-order chi connectivity index (χ0) is 20.0. The van der Waals surface area contributed by atoms with E-state index in [-0.39, 0.29) is 11.3 Å². The first-order chi connectivity index (χ1) is 13.3. The second-order valence-corrected chi connectivity index (χ2v) is 8.02. The molecule has 0 bridgehead atoms. The molecule has 0 saturated heterocycles. The second kappa shape index (κ2) is 7.02. The third-order valence-electron chi connectivity index (χ3n) is 5.56. The van der Waals surface area contributed by atoms with Crippen molar-refractivity contribution in [1.82, 2.24) is 14.9 Å². The highest BCUT2D eigenvalue weighted by Crippen LogP contribution is 2.24. The van der Waals surface area contributed by atoms with Crippen molar-refractivity contribution < 1.29 is 4.42 Å². The molecule has 6 nitrogen and oxygen atoms in total. The standard InChI is InChI=1S/C22H26N4O2/c1-12(2)22-24-9-15-10-26(6-5-18(15)25-22)11-17-20(27)16-7-13(3)14(4)8-19(16)28-21(17)23/h7-9,12H,5-6,10-11,23H2,1-4H3. The van der Waals surface area contributed by atoms with Crippen molar-refractivity contribution >= 4 is 16.9 Å². The van der Waals surface area contributed by atoms with Crippen LogP contribution in [0.25, 0.3) is 11.0 Å². The van der Waals surface area contributed by atoms with Crippen LogP contribution in [0.5, 0.6) is 0 Å². The van der Waals surface area contributed by atoms with Crippen molar-refractivity contribution in [1.29, 1.82) is 0 Å². The number of nitrogen functional groups attached to an aromatic ring is 1. The Morgan fingerprint density at radius 2 is 2.00 bits per heavy atom. The largest absolute Gasteiger partial charge is 0.440 e. The normalized spacial score (nSPS) is 14.6. The van der Waals surface area contributed by atoms with Gasteiger partial charge in [-0.1, -0.05) is 13.8 Å². The van der Waals surface area contributed by atoms with Crippen molar-refractivity contribution in [2.75, 3.05) is 12.3 Å². The van der Waals surface area contributed by atoms with E-state index in [1.54, 1.807) is 0 Å². The summed E-state index contributed by atoms with van der Waals surface area (Å²) in [5, 5.41) is 0.592. The lowest BCUT2D eigenvalue weighted by Gasteiger charge is -2.28. The number of rotatable bonds is 3. The van der Waals surface area contributed by atoms with E-state index in [4.69, 9.17) is 15.1 Å². The maximum absolute atomic E-state index is 13.1. The van der Waals surface area contributed by atoms with E-state index in [0.717, 1.165) is 41.2 Å². The highest BCUT2D eigenvalue weighted by Gasteiger charge is 2.22. The molecule has 146 valence electrons. The van der Waals surface area contributed by atoms with Gasteiger partial charge in [0.1, 0.15) is 11.4 Å². The van der Waals surface area contributed by atoms with Crippen LogP contribution >= 0.6 is 0 Å². The van der Waals surface area contributed by atoms with E-state index in [1.807, 2.05) is 32.2 Å². The Balaban J connectivity index is 1.64. The molecule has 0 aliphatic carbocycles. The fourth-order valence-corrected chi connectivity index (χ4v) is 3.68. The van der Waals surface area contributed by atoms with Crippen LogP contribution in [-0.2, 0) is 19.5 Å². The van der Waals surface area contributed by atoms with Crippen molar-refractivity contribution in [2.24, 2.45) is 0 Å². The predicted molar refractivity (Wildman–Crippen MR) is 110 cm³/mol. The van der Waals surface area contributed by atoms with Gasteiger partial charge in [-0.25, -0.2) is 9.97 Å². The first-order valence-corrected chi connectivity index (χ1v) is 9.73. The van der Waals surface area contributed by atoms with Gasteiger partial charge in [-0.15, -0.1) is 0 Å². The average molecular weight is 378 g/mol. The molecule has 0 fully saturated rings. The molecule has 0 saturated carbocycles. The lowest BCUT2D eigenvalue weighted by Crippen LogP contribution is -2.33. The highest BCUT2D eigenvalue weighted by atomic mass is 16.3. The van der Waals surface area contributed by atoms with Crippen molar-refractivity contribution in [3.63, 3.8) is 0 Å². The van der Waals surface area contributed by atoms with Crippen LogP contribution in [0.15, 0.2) is 27.5 Å². The molecule has 28 heavy (non-hydrogen) atoms. The summed E-state index contributed by atoms with van der Waals surface area (Å²) in [4.78, 5) is 24.5. The maximum atomic E-state index is 13.1. The molecule has 3 aromatic rings. The van der Waals surface area contributed by atoms with Crippen LogP contribution in [0.1, 0.15) is 53.5 Å². The molecule has 2 N–H and O–H groups in total. The number of aromatic nitrogens is 2. The van der Waals surface area contributed by atoms with E-state index in [2.05, 4.69) is 23.7 Å². The van der Waals surface area contributed by atoms with Crippen molar-refractivity contribution in [2.45, 2.75) is 53.1 Å². The topological polar surface area (TPSA) is 85.2 Å². The summed E-state index contributed by atoms with van der Waals surface area (Å²) in [6, 6.07) is 3.78. The number of hydrogen-bond donors (Lipinski definition) is 1. The zero-order valence-electron chi connectivity index (χ0n) is 16.9. The summed E-state index contributed by atoms with van der Waals surface area (Å²) in [5.41, 5.74) is 11.5. The van der Waals surface area contributed by atoms with Gasteiger partial charge in [0.25, 0.3) is 0 Å². The molecule has 3 heterocycles. The van der Waals surface area contributed by atoms with E-state index in [9.17, 15) is 4.79 Å². The maximum Gasteiger partial charge on any atom is 0.199 e. The van der Waals surface area contributed by atoms with Gasteiger partial charge in [-0.05, 0) is 37.1 Å². The number of hydrogen-bond acceptors (Lipinski definition) is 6. The van der Waals surface area contributed by atoms with Gasteiger partial charge >= 0.3 is 0 Å². The predicted octanol–water partition coefficient (Wildman–Crippen LogP) is 3.46. The summed E-state index contributed by atoms with van der Waals surface area (Å²) < 4.78 is 5.79. The van der Waals surface area contributed by atoms with Gasteiger partial charge < -0.3 is 10.2 Å². The lowest BCUT2D eigenvalue weighted by atomic mass is 10.0. The Morgan fingerprint density at radius 1 is 1.25 bits per heavy atom. The Bertz CT molecular complexity index is 1120. The van der Waals surface area contributed by atoms with Gasteiger partial charge in [0.2, 0.25) is 0 Å². The van der Waals surface area contributed by atoms with E-state index < -0.39 is 0 Å². The van der Waals surface area contributed by atoms with E-state index >= 15 is 0 Å². The molecule has 1 aliphatic heterocycles. The summed E-state index contributed by atoms with van der Waals surface area (Å²) in [6.45, 7) is 10.2. The molecule has 4 rings (SSSR count). The van der Waals surface area contributed by atoms with Crippen LogP contribution in [0.3, 0.4) is 0 Å². The fourth-order valence-electron chi connectivity index (χ4n) is 3.68. The molecule has 0 spiro atoms.